The molecule has 0 aromatic heterocycles. The van der Waals surface area contributed by atoms with Gasteiger partial charge in [-0.3, -0.25) is 0 Å². The van der Waals surface area contributed by atoms with E-state index in [9.17, 15) is 17.9 Å². The van der Waals surface area contributed by atoms with Crippen LogP contribution in [0.2, 0.25) is 0 Å². The molecule has 1 unspecified atom stereocenters. The average Bonchev–Trinajstić information content (AvgIpc) is 2.23. The number of benzene rings is 1. The van der Waals surface area contributed by atoms with Crippen molar-refractivity contribution in [2.45, 2.75) is 51.2 Å². The van der Waals surface area contributed by atoms with Gasteiger partial charge < -0.3 is 10.8 Å². The number of aliphatic hydroxyl groups is 1. The smallest absolute Gasteiger partial charge is 0.241 e. The van der Waals surface area contributed by atoms with Gasteiger partial charge >= 0.3 is 0 Å². The maximum absolute atomic E-state index is 13.5. The Labute approximate surface area is 119 Å². The molecule has 0 heterocycles. The number of halogens is 1. The predicted octanol–water partition coefficient (Wildman–Crippen LogP) is 1.46. The highest BCUT2D eigenvalue weighted by molar-refractivity contribution is 7.89. The number of nitrogens with two attached hydrogens (primary N) is 1. The van der Waals surface area contributed by atoms with Crippen molar-refractivity contribution in [1.29, 1.82) is 0 Å². The van der Waals surface area contributed by atoms with Crippen LogP contribution >= 0.6 is 0 Å². The monoisotopic (exact) mass is 304 g/mol. The van der Waals surface area contributed by atoms with Crippen molar-refractivity contribution in [3.05, 3.63) is 23.0 Å². The van der Waals surface area contributed by atoms with E-state index >= 15 is 0 Å². The minimum absolute atomic E-state index is 0.0508. The molecule has 7 heteroatoms. The van der Waals surface area contributed by atoms with Crippen molar-refractivity contribution in [2.75, 3.05) is 5.73 Å². The highest BCUT2D eigenvalue weighted by atomic mass is 32.2. The number of nitrogen functional groups attached to an aromatic ring is 1. The molecule has 0 aliphatic heterocycles. The van der Waals surface area contributed by atoms with E-state index < -0.39 is 27.5 Å². The second-order valence-corrected chi connectivity index (χ2v) is 7.17. The Balaban J connectivity index is 3.42. The van der Waals surface area contributed by atoms with Crippen molar-refractivity contribution in [1.82, 2.24) is 4.72 Å². The van der Waals surface area contributed by atoms with E-state index in [2.05, 4.69) is 4.72 Å². The zero-order valence-corrected chi connectivity index (χ0v) is 13.1. The van der Waals surface area contributed by atoms with Gasteiger partial charge in [0.15, 0.2) is 0 Å². The molecule has 0 bridgehead atoms. The van der Waals surface area contributed by atoms with E-state index in [0.717, 1.165) is 6.07 Å². The molecule has 4 N–H and O–H groups in total. The van der Waals surface area contributed by atoms with E-state index in [1.54, 1.807) is 13.8 Å². The van der Waals surface area contributed by atoms with Crippen LogP contribution in [0.3, 0.4) is 0 Å². The molecule has 20 heavy (non-hydrogen) atoms. The maximum atomic E-state index is 13.5. The molecule has 1 aromatic rings. The summed E-state index contributed by atoms with van der Waals surface area (Å²) in [5, 5.41) is 9.62. The van der Waals surface area contributed by atoms with Crippen molar-refractivity contribution >= 4 is 15.7 Å². The number of aliphatic hydroxyl groups excluding tert-OH is 1. The normalized spacial score (nSPS) is 14.3. The van der Waals surface area contributed by atoms with E-state index in [0.29, 0.717) is 0 Å². The van der Waals surface area contributed by atoms with E-state index in [1.165, 1.54) is 20.8 Å². The van der Waals surface area contributed by atoms with Crippen molar-refractivity contribution in [2.24, 2.45) is 0 Å². The molecule has 0 radical (unpaired) electrons. The van der Waals surface area contributed by atoms with Gasteiger partial charge in [0.2, 0.25) is 10.0 Å². The number of sulfonamides is 1. The van der Waals surface area contributed by atoms with Gasteiger partial charge in [-0.05, 0) is 51.8 Å². The molecule has 0 aliphatic carbocycles. The summed E-state index contributed by atoms with van der Waals surface area (Å²) in [7, 11) is -3.92. The molecule has 1 aromatic carbocycles. The summed E-state index contributed by atoms with van der Waals surface area (Å²) in [6, 6.07) is 1.09. The Kier molecular flexibility index (Phi) is 4.48. The van der Waals surface area contributed by atoms with Crippen LogP contribution in [0, 0.1) is 19.7 Å². The van der Waals surface area contributed by atoms with Gasteiger partial charge in [-0.1, -0.05) is 0 Å². The molecule has 1 rings (SSSR count). The van der Waals surface area contributed by atoms with Gasteiger partial charge in [0, 0.05) is 0 Å². The maximum Gasteiger partial charge on any atom is 0.241 e. The standard InChI is InChI=1S/C13H21FN2O3S/c1-7-6-10(14)11(15)8(2)12(7)20(18,19)16-13(4,5)9(3)17/h6,9,16-17H,15H2,1-5H3. The van der Waals surface area contributed by atoms with Crippen LogP contribution in [0.25, 0.3) is 0 Å². The highest BCUT2D eigenvalue weighted by Gasteiger charge is 2.32. The second-order valence-electron chi connectivity index (χ2n) is 5.55. The molecular weight excluding hydrogens is 283 g/mol. The summed E-state index contributed by atoms with van der Waals surface area (Å²) in [5.74, 6) is -0.645. The van der Waals surface area contributed by atoms with E-state index in [4.69, 9.17) is 5.73 Å². The van der Waals surface area contributed by atoms with Gasteiger partial charge in [0.1, 0.15) is 5.82 Å². The summed E-state index contributed by atoms with van der Waals surface area (Å²) >= 11 is 0. The van der Waals surface area contributed by atoms with Gasteiger partial charge in [-0.15, -0.1) is 0 Å². The Morgan fingerprint density at radius 2 is 1.90 bits per heavy atom. The summed E-state index contributed by atoms with van der Waals surface area (Å²) in [6.07, 6.45) is -0.893. The zero-order valence-electron chi connectivity index (χ0n) is 12.3. The fourth-order valence-corrected chi connectivity index (χ4v) is 3.79. The fourth-order valence-electron chi connectivity index (χ4n) is 1.83. The van der Waals surface area contributed by atoms with Crippen LogP contribution in [0.5, 0.6) is 0 Å². The van der Waals surface area contributed by atoms with Gasteiger partial charge in [0.05, 0.1) is 22.2 Å². The first-order chi connectivity index (χ1) is 8.90. The Morgan fingerprint density at radius 1 is 1.40 bits per heavy atom. The number of hydrogen-bond donors (Lipinski definition) is 3. The van der Waals surface area contributed by atoms with Crippen LogP contribution in [-0.4, -0.2) is 25.2 Å². The molecule has 0 spiro atoms. The summed E-state index contributed by atoms with van der Waals surface area (Å²) in [6.45, 7) is 7.57. The first-order valence-electron chi connectivity index (χ1n) is 6.17. The van der Waals surface area contributed by atoms with Gasteiger partial charge in [-0.25, -0.2) is 17.5 Å². The van der Waals surface area contributed by atoms with Crippen LogP contribution < -0.4 is 10.5 Å². The lowest BCUT2D eigenvalue weighted by atomic mass is 10.0. The molecule has 114 valence electrons. The Hall–Kier alpha value is -1.18. The Bertz CT molecular complexity index is 625. The largest absolute Gasteiger partial charge is 0.396 e. The number of rotatable bonds is 4. The van der Waals surface area contributed by atoms with Crippen LogP contribution in [-0.2, 0) is 10.0 Å². The molecule has 0 saturated heterocycles. The number of aryl methyl sites for hydroxylation is 1. The first-order valence-corrected chi connectivity index (χ1v) is 7.65. The summed E-state index contributed by atoms with van der Waals surface area (Å²) in [4.78, 5) is -0.0508. The third-order valence-corrected chi connectivity index (χ3v) is 5.37. The summed E-state index contributed by atoms with van der Waals surface area (Å²) in [5.41, 5.74) is 4.74. The minimum Gasteiger partial charge on any atom is -0.396 e. The molecule has 0 fully saturated rings. The number of nitrogens with one attached hydrogen (secondary N) is 1. The Morgan fingerprint density at radius 3 is 2.35 bits per heavy atom. The quantitative estimate of drug-likeness (QED) is 0.734. The molecule has 5 nitrogen and oxygen atoms in total. The SMILES string of the molecule is Cc1cc(F)c(N)c(C)c1S(=O)(=O)NC(C)(C)C(C)O. The minimum atomic E-state index is -3.92. The average molecular weight is 304 g/mol. The van der Waals surface area contributed by atoms with Crippen LogP contribution in [0.1, 0.15) is 31.9 Å². The topological polar surface area (TPSA) is 92.4 Å². The lowest BCUT2D eigenvalue weighted by Gasteiger charge is -2.29. The van der Waals surface area contributed by atoms with Crippen molar-refractivity contribution < 1.29 is 17.9 Å². The van der Waals surface area contributed by atoms with Crippen molar-refractivity contribution in [3.8, 4) is 0 Å². The van der Waals surface area contributed by atoms with E-state index in [1.807, 2.05) is 0 Å². The second kappa shape index (κ2) is 5.31. The molecule has 0 amide bonds. The molecule has 0 saturated carbocycles. The van der Waals surface area contributed by atoms with Crippen LogP contribution in [0.4, 0.5) is 10.1 Å². The summed E-state index contributed by atoms with van der Waals surface area (Å²) < 4.78 is 40.8. The highest BCUT2D eigenvalue weighted by Crippen LogP contribution is 2.28. The molecule has 0 aliphatic rings. The zero-order chi connectivity index (χ0) is 15.9. The first kappa shape index (κ1) is 16.9. The number of hydrogen-bond acceptors (Lipinski definition) is 4. The lowest BCUT2D eigenvalue weighted by Crippen LogP contribution is -2.51. The third kappa shape index (κ3) is 3.11. The predicted molar refractivity (Wildman–Crippen MR) is 76.4 cm³/mol. The van der Waals surface area contributed by atoms with Gasteiger partial charge in [0.25, 0.3) is 0 Å². The lowest BCUT2D eigenvalue weighted by molar-refractivity contribution is 0.111. The number of anilines is 1. The van der Waals surface area contributed by atoms with Crippen LogP contribution in [0.15, 0.2) is 11.0 Å². The molecular formula is C13H21FN2O3S. The van der Waals surface area contributed by atoms with E-state index in [-0.39, 0.29) is 21.7 Å². The van der Waals surface area contributed by atoms with Crippen molar-refractivity contribution in [3.63, 3.8) is 0 Å². The van der Waals surface area contributed by atoms with Gasteiger partial charge in [-0.2, -0.15) is 0 Å². The fraction of sp³-hybridized carbons (Fsp3) is 0.538. The molecule has 1 atom stereocenters. The third-order valence-electron chi connectivity index (χ3n) is 3.41.